The molecule has 0 fully saturated rings. The predicted octanol–water partition coefficient (Wildman–Crippen LogP) is 16.5. The van der Waals surface area contributed by atoms with Gasteiger partial charge in [-0.1, -0.05) is 247 Å². The third-order valence-electron chi connectivity index (χ3n) is 11.7. The van der Waals surface area contributed by atoms with E-state index in [0.717, 1.165) is 69.6 Å². The Bertz CT molecular complexity index is 885. The maximum absolute atomic E-state index is 12.7. The minimum atomic E-state index is -0.761. The molecular formula is C52H100O6. The van der Waals surface area contributed by atoms with Crippen LogP contribution in [0.15, 0.2) is 0 Å². The molecule has 0 N–H and O–H groups in total. The van der Waals surface area contributed by atoms with E-state index < -0.39 is 6.10 Å². The predicted molar refractivity (Wildman–Crippen MR) is 247 cm³/mol. The first-order valence-electron chi connectivity index (χ1n) is 25.7. The highest BCUT2D eigenvalue weighted by molar-refractivity contribution is 5.71. The first-order chi connectivity index (χ1) is 28.2. The lowest BCUT2D eigenvalue weighted by atomic mass is 10.0. The van der Waals surface area contributed by atoms with Crippen molar-refractivity contribution >= 4 is 17.9 Å². The molecule has 0 aliphatic heterocycles. The number of hydrogen-bond donors (Lipinski definition) is 0. The van der Waals surface area contributed by atoms with Crippen LogP contribution in [-0.2, 0) is 28.6 Å². The molecule has 0 spiro atoms. The second-order valence-electron chi connectivity index (χ2n) is 18.8. The van der Waals surface area contributed by atoms with Crippen LogP contribution in [0.25, 0.3) is 0 Å². The smallest absolute Gasteiger partial charge is 0.306 e. The van der Waals surface area contributed by atoms with Crippen LogP contribution in [-0.4, -0.2) is 37.2 Å². The Balaban J connectivity index is 4.21. The lowest BCUT2D eigenvalue weighted by molar-refractivity contribution is -0.167. The second-order valence-corrected chi connectivity index (χ2v) is 18.8. The van der Waals surface area contributed by atoms with Gasteiger partial charge in [0.15, 0.2) is 6.10 Å². The number of esters is 3. The van der Waals surface area contributed by atoms with E-state index in [-0.39, 0.29) is 31.1 Å². The van der Waals surface area contributed by atoms with Crippen molar-refractivity contribution in [3.63, 3.8) is 0 Å². The standard InChI is InChI=1S/C52H100O6/c1-6-7-8-9-10-11-18-22-27-32-37-42-50(53)56-45-49(58-52(55)44-39-34-29-24-26-31-36-41-48(4)5)46-57-51(54)43-38-33-28-23-20-17-15-13-12-14-16-19-21-25-30-35-40-47(2)3/h47-49H,6-46H2,1-5H3/t49-/m0/s1. The fourth-order valence-corrected chi connectivity index (χ4v) is 7.81. The SMILES string of the molecule is CCCCCCCCCCCCCC(=O)OC[C@@H](COC(=O)CCCCCCCCCCCCCCCCCCC(C)C)OC(=O)CCCCCCCCCC(C)C. The fourth-order valence-electron chi connectivity index (χ4n) is 7.81. The highest BCUT2D eigenvalue weighted by Crippen LogP contribution is 2.17. The lowest BCUT2D eigenvalue weighted by Crippen LogP contribution is -2.30. The average molecular weight is 821 g/mol. The van der Waals surface area contributed by atoms with Crippen LogP contribution in [0.4, 0.5) is 0 Å². The molecule has 6 nitrogen and oxygen atoms in total. The molecule has 0 saturated heterocycles. The Hall–Kier alpha value is -1.59. The molecule has 0 amide bonds. The number of ether oxygens (including phenoxy) is 3. The maximum Gasteiger partial charge on any atom is 0.306 e. The van der Waals surface area contributed by atoms with Crippen LogP contribution in [0.5, 0.6) is 0 Å². The summed E-state index contributed by atoms with van der Waals surface area (Å²) < 4.78 is 16.8. The van der Waals surface area contributed by atoms with Crippen LogP contribution in [0.2, 0.25) is 0 Å². The van der Waals surface area contributed by atoms with E-state index in [1.807, 2.05) is 0 Å². The van der Waals surface area contributed by atoms with Gasteiger partial charge in [0.25, 0.3) is 0 Å². The van der Waals surface area contributed by atoms with Gasteiger partial charge in [0.2, 0.25) is 0 Å². The zero-order valence-electron chi connectivity index (χ0n) is 39.7. The van der Waals surface area contributed by atoms with Crippen molar-refractivity contribution in [3.8, 4) is 0 Å². The molecule has 6 heteroatoms. The number of unbranched alkanes of at least 4 members (excludes halogenated alkanes) is 31. The molecule has 0 aliphatic rings. The third kappa shape index (κ3) is 45.5. The molecule has 0 rings (SSSR count). The largest absolute Gasteiger partial charge is 0.462 e. The van der Waals surface area contributed by atoms with Gasteiger partial charge in [-0.25, -0.2) is 0 Å². The molecule has 0 aromatic heterocycles. The Morgan fingerprint density at radius 3 is 0.845 bits per heavy atom. The maximum atomic E-state index is 12.7. The van der Waals surface area contributed by atoms with E-state index in [0.29, 0.717) is 19.3 Å². The summed E-state index contributed by atoms with van der Waals surface area (Å²) >= 11 is 0. The highest BCUT2D eigenvalue weighted by Gasteiger charge is 2.19. The summed E-state index contributed by atoms with van der Waals surface area (Å²) in [6, 6.07) is 0. The first-order valence-corrected chi connectivity index (χ1v) is 25.7. The van der Waals surface area contributed by atoms with Gasteiger partial charge in [-0.2, -0.15) is 0 Å². The normalized spacial score (nSPS) is 12.1. The average Bonchev–Trinajstić information content (AvgIpc) is 3.19. The molecule has 1 atom stereocenters. The van der Waals surface area contributed by atoms with Crippen molar-refractivity contribution in [1.82, 2.24) is 0 Å². The Morgan fingerprint density at radius 2 is 0.569 bits per heavy atom. The van der Waals surface area contributed by atoms with E-state index in [2.05, 4.69) is 34.6 Å². The summed E-state index contributed by atoms with van der Waals surface area (Å²) in [4.78, 5) is 37.8. The summed E-state index contributed by atoms with van der Waals surface area (Å²) in [7, 11) is 0. The quantitative estimate of drug-likeness (QED) is 0.0346. The summed E-state index contributed by atoms with van der Waals surface area (Å²) in [6.45, 7) is 11.3. The van der Waals surface area contributed by atoms with Gasteiger partial charge in [0, 0.05) is 19.3 Å². The van der Waals surface area contributed by atoms with Gasteiger partial charge >= 0.3 is 17.9 Å². The first kappa shape index (κ1) is 56.4. The highest BCUT2D eigenvalue weighted by atomic mass is 16.6. The Labute approximate surface area is 361 Å². The zero-order valence-corrected chi connectivity index (χ0v) is 39.7. The van der Waals surface area contributed by atoms with E-state index in [1.165, 1.54) is 173 Å². The van der Waals surface area contributed by atoms with Gasteiger partial charge in [-0.05, 0) is 31.1 Å². The number of rotatable bonds is 46. The summed E-state index contributed by atoms with van der Waals surface area (Å²) in [6.07, 6.45) is 45.3. The lowest BCUT2D eigenvalue weighted by Gasteiger charge is -2.18. The van der Waals surface area contributed by atoms with Crippen LogP contribution >= 0.6 is 0 Å². The molecule has 0 radical (unpaired) electrons. The van der Waals surface area contributed by atoms with Crippen molar-refractivity contribution in [3.05, 3.63) is 0 Å². The van der Waals surface area contributed by atoms with Gasteiger partial charge in [0.1, 0.15) is 13.2 Å². The molecule has 58 heavy (non-hydrogen) atoms. The van der Waals surface area contributed by atoms with Crippen LogP contribution < -0.4 is 0 Å². The van der Waals surface area contributed by atoms with E-state index >= 15 is 0 Å². The Morgan fingerprint density at radius 1 is 0.328 bits per heavy atom. The van der Waals surface area contributed by atoms with Gasteiger partial charge in [-0.3, -0.25) is 14.4 Å². The topological polar surface area (TPSA) is 78.9 Å². The van der Waals surface area contributed by atoms with E-state index in [4.69, 9.17) is 14.2 Å². The van der Waals surface area contributed by atoms with E-state index in [9.17, 15) is 14.4 Å². The minimum absolute atomic E-state index is 0.0644. The monoisotopic (exact) mass is 821 g/mol. The van der Waals surface area contributed by atoms with Crippen LogP contribution in [0.3, 0.4) is 0 Å². The molecule has 344 valence electrons. The van der Waals surface area contributed by atoms with Crippen molar-refractivity contribution < 1.29 is 28.6 Å². The molecule has 0 aliphatic carbocycles. The number of carbonyl (C=O) groups excluding carboxylic acids is 3. The fraction of sp³-hybridized carbons (Fsp3) is 0.942. The van der Waals surface area contributed by atoms with Gasteiger partial charge < -0.3 is 14.2 Å². The number of carbonyl (C=O) groups is 3. The molecule has 0 unspecified atom stereocenters. The van der Waals surface area contributed by atoms with Crippen molar-refractivity contribution in [1.29, 1.82) is 0 Å². The Kier molecular flexibility index (Phi) is 43.7. The van der Waals surface area contributed by atoms with Gasteiger partial charge in [0.05, 0.1) is 0 Å². The zero-order chi connectivity index (χ0) is 42.6. The summed E-state index contributed by atoms with van der Waals surface area (Å²) in [5.74, 6) is 0.778. The molecule has 0 heterocycles. The molecule has 0 bridgehead atoms. The summed E-state index contributed by atoms with van der Waals surface area (Å²) in [5.41, 5.74) is 0. The van der Waals surface area contributed by atoms with Gasteiger partial charge in [-0.15, -0.1) is 0 Å². The summed E-state index contributed by atoms with van der Waals surface area (Å²) in [5, 5.41) is 0. The van der Waals surface area contributed by atoms with Crippen molar-refractivity contribution in [2.45, 2.75) is 291 Å². The van der Waals surface area contributed by atoms with Crippen LogP contribution in [0.1, 0.15) is 285 Å². The van der Waals surface area contributed by atoms with Crippen molar-refractivity contribution in [2.24, 2.45) is 11.8 Å². The molecular weight excluding hydrogens is 721 g/mol. The molecule has 0 aromatic rings. The number of hydrogen-bond acceptors (Lipinski definition) is 6. The molecule has 0 aromatic carbocycles. The third-order valence-corrected chi connectivity index (χ3v) is 11.7. The minimum Gasteiger partial charge on any atom is -0.462 e. The van der Waals surface area contributed by atoms with E-state index in [1.54, 1.807) is 0 Å². The van der Waals surface area contributed by atoms with Crippen LogP contribution in [0, 0.1) is 11.8 Å². The van der Waals surface area contributed by atoms with Crippen molar-refractivity contribution in [2.75, 3.05) is 13.2 Å². The second kappa shape index (κ2) is 44.9. The molecule has 0 saturated carbocycles.